The monoisotopic (exact) mass is 378 g/mol. The first kappa shape index (κ1) is 22.0. The van der Waals surface area contributed by atoms with Crippen molar-refractivity contribution in [2.75, 3.05) is 0 Å². The van der Waals surface area contributed by atoms with Crippen LogP contribution in [0.3, 0.4) is 0 Å². The number of allylic oxidation sites excluding steroid dienone is 11. The van der Waals surface area contributed by atoms with E-state index in [9.17, 15) is 0 Å². The van der Waals surface area contributed by atoms with Gasteiger partial charge in [-0.1, -0.05) is 110 Å². The summed E-state index contributed by atoms with van der Waals surface area (Å²) < 4.78 is 0. The van der Waals surface area contributed by atoms with Crippen molar-refractivity contribution in [3.05, 3.63) is 138 Å². The lowest BCUT2D eigenvalue weighted by molar-refractivity contribution is 1.21. The van der Waals surface area contributed by atoms with Crippen LogP contribution in [-0.2, 0) is 0 Å². The molecule has 2 aromatic carbocycles. The molecule has 0 heteroatoms. The van der Waals surface area contributed by atoms with Crippen LogP contribution in [-0.4, -0.2) is 0 Å². The number of benzene rings is 2. The lowest BCUT2D eigenvalue weighted by atomic mass is 9.92. The highest BCUT2D eigenvalue weighted by Crippen LogP contribution is 2.28. The zero-order valence-electron chi connectivity index (χ0n) is 17.7. The van der Waals surface area contributed by atoms with Crippen LogP contribution in [0.1, 0.15) is 38.3 Å². The highest BCUT2D eigenvalue weighted by molar-refractivity contribution is 5.80. The van der Waals surface area contributed by atoms with Crippen molar-refractivity contribution in [1.82, 2.24) is 0 Å². The molecule has 0 aromatic heterocycles. The molecule has 0 unspecified atom stereocenters. The van der Waals surface area contributed by atoms with E-state index in [1.807, 2.05) is 19.1 Å². The fourth-order valence-electron chi connectivity index (χ4n) is 3.04. The van der Waals surface area contributed by atoms with Gasteiger partial charge in [0.05, 0.1) is 0 Å². The van der Waals surface area contributed by atoms with Gasteiger partial charge in [0, 0.05) is 6.42 Å². The van der Waals surface area contributed by atoms with Crippen LogP contribution < -0.4 is 0 Å². The van der Waals surface area contributed by atoms with Gasteiger partial charge >= 0.3 is 0 Å². The maximum Gasteiger partial charge on any atom is 0.00506 e. The lowest BCUT2D eigenvalue weighted by Crippen LogP contribution is -1.92. The third-order valence-electron chi connectivity index (χ3n) is 4.72. The first-order valence-electron chi connectivity index (χ1n) is 10.0. The van der Waals surface area contributed by atoms with Gasteiger partial charge in [0.2, 0.25) is 0 Å². The Labute approximate surface area is 176 Å². The molecule has 0 amide bonds. The zero-order valence-corrected chi connectivity index (χ0v) is 17.7. The Kier molecular flexibility index (Phi) is 9.22. The maximum absolute atomic E-state index is 3.90. The predicted molar refractivity (Wildman–Crippen MR) is 129 cm³/mol. The summed E-state index contributed by atoms with van der Waals surface area (Å²) in [4.78, 5) is 0. The molecule has 0 atom stereocenters. The average molecular weight is 379 g/mol. The Morgan fingerprint density at radius 1 is 0.862 bits per heavy atom. The zero-order chi connectivity index (χ0) is 20.9. The summed E-state index contributed by atoms with van der Waals surface area (Å²) >= 11 is 0. The van der Waals surface area contributed by atoms with E-state index in [1.165, 1.54) is 27.8 Å². The molecule has 146 valence electrons. The van der Waals surface area contributed by atoms with Gasteiger partial charge in [0.15, 0.2) is 0 Å². The van der Waals surface area contributed by atoms with Gasteiger partial charge in [-0.15, -0.1) is 5.73 Å². The quantitative estimate of drug-likeness (QED) is 0.320. The first-order chi connectivity index (χ1) is 14.2. The molecular formula is C29H30. The highest BCUT2D eigenvalue weighted by Gasteiger charge is 2.08. The molecule has 2 rings (SSSR count). The van der Waals surface area contributed by atoms with E-state index in [-0.39, 0.29) is 0 Å². The van der Waals surface area contributed by atoms with Crippen LogP contribution >= 0.6 is 0 Å². The summed E-state index contributed by atoms with van der Waals surface area (Å²) in [5.41, 5.74) is 10.3. The molecule has 0 saturated heterocycles. The molecule has 0 fully saturated rings. The summed E-state index contributed by atoms with van der Waals surface area (Å²) in [6.07, 6.45) is 15.6. The van der Waals surface area contributed by atoms with Gasteiger partial charge < -0.3 is 0 Å². The van der Waals surface area contributed by atoms with Crippen molar-refractivity contribution in [1.29, 1.82) is 0 Å². The van der Waals surface area contributed by atoms with Crippen LogP contribution in [0.25, 0.3) is 11.1 Å². The Hall–Kier alpha value is -3.34. The van der Waals surface area contributed by atoms with Gasteiger partial charge in [-0.25, -0.2) is 0 Å². The Bertz CT molecular complexity index is 971. The van der Waals surface area contributed by atoms with Gasteiger partial charge in [-0.3, -0.25) is 0 Å². The first-order valence-corrected chi connectivity index (χ1v) is 10.0. The third-order valence-corrected chi connectivity index (χ3v) is 4.72. The molecule has 0 aliphatic carbocycles. The minimum absolute atomic E-state index is 0.785. The number of hydrogen-bond acceptors (Lipinski definition) is 0. The molecule has 0 radical (unpaired) electrons. The lowest BCUT2D eigenvalue weighted by Gasteiger charge is -2.12. The minimum atomic E-state index is 0.785. The summed E-state index contributed by atoms with van der Waals surface area (Å²) in [5.74, 6) is 0. The predicted octanol–water partition coefficient (Wildman–Crippen LogP) is 8.35. The van der Waals surface area contributed by atoms with Crippen molar-refractivity contribution in [2.45, 2.75) is 27.2 Å². The fourth-order valence-corrected chi connectivity index (χ4v) is 3.04. The summed E-state index contributed by atoms with van der Waals surface area (Å²) in [6.45, 7) is 10.2. The second-order valence-electron chi connectivity index (χ2n) is 6.74. The maximum atomic E-state index is 3.90. The van der Waals surface area contributed by atoms with E-state index in [0.717, 1.165) is 12.0 Å². The van der Waals surface area contributed by atoms with Gasteiger partial charge in [0.1, 0.15) is 0 Å². The fraction of sp³-hybridized carbons (Fsp3) is 0.138. The Balaban J connectivity index is 2.22. The molecule has 0 heterocycles. The standard InChI is InChI=1S/C29H30/c1-5-8-22-29(28-20-13-10-14-21-28)26(7-3)23-25(6-2)17-15-16-24(4)27-18-11-9-12-19-27/h5,7-22H,2,23H2,1,3-4H3/b8-5-,17-15-,24-16+,26-7-,29-22+. The van der Waals surface area contributed by atoms with Crippen LogP contribution in [0.4, 0.5) is 0 Å². The van der Waals surface area contributed by atoms with Crippen LogP contribution in [0.15, 0.2) is 127 Å². The van der Waals surface area contributed by atoms with Crippen molar-refractivity contribution in [3.63, 3.8) is 0 Å². The molecule has 2 aromatic rings. The molecule has 0 nitrogen and oxygen atoms in total. The SMILES string of the molecule is C=C=C(/C=C\C=C(/C)c1ccccc1)CC(=C/C)/C(=C\C=C/C)c1ccccc1. The van der Waals surface area contributed by atoms with E-state index in [4.69, 9.17) is 0 Å². The Morgan fingerprint density at radius 3 is 2.03 bits per heavy atom. The molecule has 0 bridgehead atoms. The van der Waals surface area contributed by atoms with E-state index in [1.54, 1.807) is 0 Å². The van der Waals surface area contributed by atoms with Crippen LogP contribution in [0.2, 0.25) is 0 Å². The van der Waals surface area contributed by atoms with Gasteiger partial charge in [-0.2, -0.15) is 0 Å². The molecule has 0 spiro atoms. The Morgan fingerprint density at radius 2 is 1.48 bits per heavy atom. The largest absolute Gasteiger partial charge is 0.125 e. The second-order valence-corrected chi connectivity index (χ2v) is 6.74. The minimum Gasteiger partial charge on any atom is -0.125 e. The molecule has 0 aliphatic rings. The van der Waals surface area contributed by atoms with E-state index >= 15 is 0 Å². The van der Waals surface area contributed by atoms with Crippen molar-refractivity contribution in [3.8, 4) is 0 Å². The summed E-state index contributed by atoms with van der Waals surface area (Å²) in [5, 5.41) is 0. The van der Waals surface area contributed by atoms with Crippen molar-refractivity contribution in [2.24, 2.45) is 0 Å². The van der Waals surface area contributed by atoms with E-state index in [2.05, 4.69) is 117 Å². The van der Waals surface area contributed by atoms with Crippen molar-refractivity contribution < 1.29 is 0 Å². The topological polar surface area (TPSA) is 0 Å². The van der Waals surface area contributed by atoms with Gasteiger partial charge in [-0.05, 0) is 54.2 Å². The van der Waals surface area contributed by atoms with Gasteiger partial charge in [0.25, 0.3) is 0 Å². The second kappa shape index (κ2) is 12.2. The third kappa shape index (κ3) is 6.96. The average Bonchev–Trinajstić information content (AvgIpc) is 2.78. The van der Waals surface area contributed by atoms with E-state index in [0.29, 0.717) is 0 Å². The normalized spacial score (nSPS) is 13.1. The molecular weight excluding hydrogens is 348 g/mol. The molecule has 0 N–H and O–H groups in total. The van der Waals surface area contributed by atoms with Crippen molar-refractivity contribution >= 4 is 11.1 Å². The molecule has 29 heavy (non-hydrogen) atoms. The molecule has 0 saturated carbocycles. The van der Waals surface area contributed by atoms with Crippen LogP contribution in [0.5, 0.6) is 0 Å². The summed E-state index contributed by atoms with van der Waals surface area (Å²) in [6, 6.07) is 20.9. The van der Waals surface area contributed by atoms with E-state index < -0.39 is 0 Å². The molecule has 0 aliphatic heterocycles. The number of rotatable bonds is 8. The number of hydrogen-bond donors (Lipinski definition) is 0. The smallest absolute Gasteiger partial charge is 0.00506 e. The van der Waals surface area contributed by atoms with Crippen LogP contribution in [0, 0.1) is 0 Å². The highest BCUT2D eigenvalue weighted by atomic mass is 14.1. The summed E-state index contributed by atoms with van der Waals surface area (Å²) in [7, 11) is 0.